The first kappa shape index (κ1) is 11.0. The molecular weight excluding hydrogens is 160 g/mol. The van der Waals surface area contributed by atoms with Crippen molar-refractivity contribution in [3.63, 3.8) is 0 Å². The zero-order valence-corrected chi connectivity index (χ0v) is 8.97. The van der Waals surface area contributed by atoms with E-state index < -0.39 is 0 Å². The maximum Gasteiger partial charge on any atom is 0.0431 e. The monoisotopic (exact) mass is 184 g/mol. The van der Waals surface area contributed by atoms with Gasteiger partial charge in [0.1, 0.15) is 0 Å². The predicted octanol–water partition coefficient (Wildman–Crippen LogP) is 3.37. The van der Waals surface area contributed by atoms with Crippen LogP contribution in [0.5, 0.6) is 0 Å². The molecule has 0 unspecified atom stereocenters. The van der Waals surface area contributed by atoms with Gasteiger partial charge >= 0.3 is 0 Å². The van der Waals surface area contributed by atoms with Crippen LogP contribution >= 0.6 is 0 Å². The summed E-state index contributed by atoms with van der Waals surface area (Å²) in [5, 5.41) is 8.73. The van der Waals surface area contributed by atoms with Crippen LogP contribution in [0.15, 0.2) is 0 Å². The van der Waals surface area contributed by atoms with Gasteiger partial charge in [-0.05, 0) is 24.7 Å². The number of aliphatic hydroxyl groups is 1. The van der Waals surface area contributed by atoms with Crippen LogP contribution in [0, 0.1) is 11.8 Å². The summed E-state index contributed by atoms with van der Waals surface area (Å²) in [6.45, 7) is 2.67. The average Bonchev–Trinajstić information content (AvgIpc) is 2.17. The minimum Gasteiger partial charge on any atom is -0.396 e. The van der Waals surface area contributed by atoms with Crippen LogP contribution in [0.2, 0.25) is 0 Å². The third-order valence-corrected chi connectivity index (χ3v) is 3.43. The largest absolute Gasteiger partial charge is 0.396 e. The second kappa shape index (κ2) is 6.42. The Labute approximate surface area is 82.5 Å². The standard InChI is InChI=1S/C12H24O/c1-2-4-11-6-8-12(9-7-11)5-3-10-13/h11-13H,2-10H2,1H3. The Hall–Kier alpha value is -0.0400. The van der Waals surface area contributed by atoms with Crippen molar-refractivity contribution < 1.29 is 5.11 Å². The first-order chi connectivity index (χ1) is 6.36. The molecule has 1 aliphatic rings. The van der Waals surface area contributed by atoms with Gasteiger partial charge in [-0.1, -0.05) is 45.4 Å². The molecule has 0 spiro atoms. The molecule has 0 aromatic heterocycles. The van der Waals surface area contributed by atoms with Crippen molar-refractivity contribution in [2.45, 2.75) is 58.3 Å². The summed E-state index contributed by atoms with van der Waals surface area (Å²) in [5.74, 6) is 1.95. The quantitative estimate of drug-likeness (QED) is 0.694. The number of rotatable bonds is 5. The molecule has 1 aliphatic carbocycles. The highest BCUT2D eigenvalue weighted by Gasteiger charge is 2.19. The Morgan fingerprint density at radius 1 is 1.00 bits per heavy atom. The molecule has 1 nitrogen and oxygen atoms in total. The molecule has 0 saturated heterocycles. The van der Waals surface area contributed by atoms with Crippen LogP contribution in [0.4, 0.5) is 0 Å². The minimum atomic E-state index is 0.384. The number of aliphatic hydroxyl groups excluding tert-OH is 1. The second-order valence-electron chi connectivity index (χ2n) is 4.54. The van der Waals surface area contributed by atoms with Gasteiger partial charge in [-0.25, -0.2) is 0 Å². The van der Waals surface area contributed by atoms with E-state index in [0.29, 0.717) is 6.61 Å². The molecule has 0 atom stereocenters. The van der Waals surface area contributed by atoms with Gasteiger partial charge < -0.3 is 5.11 Å². The lowest BCUT2D eigenvalue weighted by molar-refractivity contribution is 0.223. The fourth-order valence-corrected chi connectivity index (χ4v) is 2.60. The SMILES string of the molecule is CCCC1CCC(CCCO)CC1. The summed E-state index contributed by atoms with van der Waals surface area (Å²) in [5.41, 5.74) is 0. The van der Waals surface area contributed by atoms with E-state index in [1.807, 2.05) is 0 Å². The van der Waals surface area contributed by atoms with Crippen molar-refractivity contribution in [1.82, 2.24) is 0 Å². The predicted molar refractivity (Wildman–Crippen MR) is 56.7 cm³/mol. The smallest absolute Gasteiger partial charge is 0.0431 e. The summed E-state index contributed by atoms with van der Waals surface area (Å²) in [6, 6.07) is 0. The fourth-order valence-electron chi connectivity index (χ4n) is 2.60. The maximum atomic E-state index is 8.73. The molecule has 78 valence electrons. The molecule has 13 heavy (non-hydrogen) atoms. The van der Waals surface area contributed by atoms with E-state index in [2.05, 4.69) is 6.92 Å². The van der Waals surface area contributed by atoms with Crippen LogP contribution in [-0.4, -0.2) is 11.7 Å². The zero-order valence-electron chi connectivity index (χ0n) is 8.97. The van der Waals surface area contributed by atoms with Gasteiger partial charge in [-0.15, -0.1) is 0 Å². The van der Waals surface area contributed by atoms with Crippen molar-refractivity contribution in [3.05, 3.63) is 0 Å². The van der Waals surface area contributed by atoms with Crippen molar-refractivity contribution in [3.8, 4) is 0 Å². The average molecular weight is 184 g/mol. The highest BCUT2D eigenvalue weighted by Crippen LogP contribution is 2.33. The molecule has 0 bridgehead atoms. The maximum absolute atomic E-state index is 8.73. The van der Waals surface area contributed by atoms with Crippen molar-refractivity contribution in [2.75, 3.05) is 6.61 Å². The van der Waals surface area contributed by atoms with Crippen LogP contribution in [0.1, 0.15) is 58.3 Å². The van der Waals surface area contributed by atoms with Gasteiger partial charge in [0.2, 0.25) is 0 Å². The fraction of sp³-hybridized carbons (Fsp3) is 1.00. The van der Waals surface area contributed by atoms with Gasteiger partial charge in [0.15, 0.2) is 0 Å². The molecule has 0 aromatic rings. The molecule has 0 heterocycles. The van der Waals surface area contributed by atoms with E-state index in [9.17, 15) is 0 Å². The molecule has 1 heteroatoms. The first-order valence-electron chi connectivity index (χ1n) is 5.97. The van der Waals surface area contributed by atoms with Gasteiger partial charge in [-0.2, -0.15) is 0 Å². The van der Waals surface area contributed by atoms with Crippen molar-refractivity contribution in [2.24, 2.45) is 11.8 Å². The number of hydrogen-bond donors (Lipinski definition) is 1. The third-order valence-electron chi connectivity index (χ3n) is 3.43. The van der Waals surface area contributed by atoms with E-state index in [1.54, 1.807) is 0 Å². The van der Waals surface area contributed by atoms with Gasteiger partial charge in [-0.3, -0.25) is 0 Å². The molecule has 0 aromatic carbocycles. The Morgan fingerprint density at radius 2 is 1.54 bits per heavy atom. The summed E-state index contributed by atoms with van der Waals surface area (Å²) < 4.78 is 0. The highest BCUT2D eigenvalue weighted by molar-refractivity contribution is 4.72. The van der Waals surface area contributed by atoms with Crippen LogP contribution in [0.25, 0.3) is 0 Å². The molecule has 1 N–H and O–H groups in total. The van der Waals surface area contributed by atoms with Gasteiger partial charge in [0.25, 0.3) is 0 Å². The highest BCUT2D eigenvalue weighted by atomic mass is 16.2. The normalized spacial score (nSPS) is 29.1. The van der Waals surface area contributed by atoms with E-state index in [1.165, 1.54) is 44.9 Å². The van der Waals surface area contributed by atoms with Crippen molar-refractivity contribution >= 4 is 0 Å². The molecule has 1 fully saturated rings. The van der Waals surface area contributed by atoms with Gasteiger partial charge in [0, 0.05) is 6.61 Å². The van der Waals surface area contributed by atoms with E-state index >= 15 is 0 Å². The Balaban J connectivity index is 2.08. The lowest BCUT2D eigenvalue weighted by Gasteiger charge is -2.28. The summed E-state index contributed by atoms with van der Waals surface area (Å²) in [4.78, 5) is 0. The van der Waals surface area contributed by atoms with Gasteiger partial charge in [0.05, 0.1) is 0 Å². The lowest BCUT2D eigenvalue weighted by Crippen LogP contribution is -2.14. The number of hydrogen-bond acceptors (Lipinski definition) is 1. The third kappa shape index (κ3) is 4.12. The van der Waals surface area contributed by atoms with Crippen LogP contribution < -0.4 is 0 Å². The summed E-state index contributed by atoms with van der Waals surface area (Å²) in [7, 11) is 0. The molecule has 0 radical (unpaired) electrons. The van der Waals surface area contributed by atoms with Crippen LogP contribution in [0.3, 0.4) is 0 Å². The Bertz CT molecular complexity index is 114. The Morgan fingerprint density at radius 3 is 2.00 bits per heavy atom. The summed E-state index contributed by atoms with van der Waals surface area (Å²) >= 11 is 0. The summed E-state index contributed by atoms with van der Waals surface area (Å²) in [6.07, 6.45) is 10.8. The van der Waals surface area contributed by atoms with Crippen LogP contribution in [-0.2, 0) is 0 Å². The second-order valence-corrected chi connectivity index (χ2v) is 4.54. The molecule has 0 amide bonds. The first-order valence-corrected chi connectivity index (χ1v) is 5.97. The van der Waals surface area contributed by atoms with Crippen molar-refractivity contribution in [1.29, 1.82) is 0 Å². The Kier molecular flexibility index (Phi) is 5.45. The molecule has 1 saturated carbocycles. The van der Waals surface area contributed by atoms with E-state index in [0.717, 1.165) is 18.3 Å². The minimum absolute atomic E-state index is 0.384. The van der Waals surface area contributed by atoms with E-state index in [4.69, 9.17) is 5.11 Å². The van der Waals surface area contributed by atoms with E-state index in [-0.39, 0.29) is 0 Å². The lowest BCUT2D eigenvalue weighted by atomic mass is 9.78. The topological polar surface area (TPSA) is 20.2 Å². The molecular formula is C12H24O. The zero-order chi connectivity index (χ0) is 9.52. The molecule has 1 rings (SSSR count). The molecule has 0 aliphatic heterocycles.